The molecule has 4 nitrogen and oxygen atoms in total. The van der Waals surface area contributed by atoms with Crippen LogP contribution in [-0.2, 0) is 11.2 Å². The van der Waals surface area contributed by atoms with Crippen molar-refractivity contribution in [3.05, 3.63) is 71.8 Å². The van der Waals surface area contributed by atoms with Crippen molar-refractivity contribution in [2.24, 2.45) is 0 Å². The second kappa shape index (κ2) is 8.18. The molecule has 0 aliphatic heterocycles. The zero-order valence-corrected chi connectivity index (χ0v) is 16.1. The molecular weight excluding hydrogens is 356 g/mol. The molecule has 0 spiro atoms. The molecular formula is C22H22N2O2S. The Morgan fingerprint density at radius 1 is 1.07 bits per heavy atom. The van der Waals surface area contributed by atoms with E-state index >= 15 is 0 Å². The van der Waals surface area contributed by atoms with Gasteiger partial charge in [-0.05, 0) is 52.2 Å². The van der Waals surface area contributed by atoms with E-state index < -0.39 is 0 Å². The maximum Gasteiger partial charge on any atom is 0.230 e. The molecule has 0 aromatic heterocycles. The van der Waals surface area contributed by atoms with Crippen LogP contribution in [0.5, 0.6) is 5.75 Å². The van der Waals surface area contributed by atoms with E-state index in [4.69, 9.17) is 12.2 Å². The summed E-state index contributed by atoms with van der Waals surface area (Å²) in [5.74, 6) is 0.203. The van der Waals surface area contributed by atoms with E-state index in [9.17, 15) is 9.90 Å². The fourth-order valence-electron chi connectivity index (χ4n) is 2.96. The van der Waals surface area contributed by atoms with Gasteiger partial charge in [-0.15, -0.1) is 0 Å². The smallest absolute Gasteiger partial charge is 0.230 e. The number of hydrogen-bond donors (Lipinski definition) is 3. The highest BCUT2D eigenvalue weighted by Gasteiger charge is 2.11. The molecule has 0 unspecified atom stereocenters. The predicted molar refractivity (Wildman–Crippen MR) is 114 cm³/mol. The van der Waals surface area contributed by atoms with Gasteiger partial charge in [-0.25, -0.2) is 0 Å². The maximum absolute atomic E-state index is 12.4. The quantitative estimate of drug-likeness (QED) is 0.454. The van der Waals surface area contributed by atoms with Crippen molar-refractivity contribution >= 4 is 39.7 Å². The number of hydrogen-bond acceptors (Lipinski definition) is 3. The first-order valence-electron chi connectivity index (χ1n) is 8.84. The summed E-state index contributed by atoms with van der Waals surface area (Å²) in [5, 5.41) is 17.9. The summed E-state index contributed by atoms with van der Waals surface area (Å²) in [6.45, 7) is 4.14. The van der Waals surface area contributed by atoms with Gasteiger partial charge in [-0.3, -0.25) is 4.79 Å². The standard InChI is InChI=1S/C22H22N2O2S/c1-14(2)16-10-11-20(25)19(12-16)23-22(27)24-21(26)13-17-8-5-7-15-6-3-4-9-18(15)17/h3-12,14,25H,13H2,1-2H3,(H2,23,24,26,27). The van der Waals surface area contributed by atoms with Crippen molar-refractivity contribution in [2.45, 2.75) is 26.2 Å². The zero-order chi connectivity index (χ0) is 19.4. The van der Waals surface area contributed by atoms with Crippen molar-refractivity contribution in [1.29, 1.82) is 0 Å². The molecule has 0 bridgehead atoms. The molecule has 0 fully saturated rings. The van der Waals surface area contributed by atoms with Gasteiger partial charge in [0.2, 0.25) is 5.91 Å². The van der Waals surface area contributed by atoms with Crippen LogP contribution in [0.1, 0.15) is 30.9 Å². The molecule has 3 aromatic rings. The number of phenols is 1. The number of carbonyl (C=O) groups excluding carboxylic acids is 1. The van der Waals surface area contributed by atoms with E-state index in [1.807, 2.05) is 54.6 Å². The molecule has 3 N–H and O–H groups in total. The van der Waals surface area contributed by atoms with Crippen LogP contribution in [-0.4, -0.2) is 16.1 Å². The lowest BCUT2D eigenvalue weighted by atomic mass is 10.0. The third-order valence-electron chi connectivity index (χ3n) is 4.42. The molecule has 5 heteroatoms. The Kier molecular flexibility index (Phi) is 5.72. The minimum atomic E-state index is -0.205. The van der Waals surface area contributed by atoms with Gasteiger partial charge >= 0.3 is 0 Å². The number of nitrogens with one attached hydrogen (secondary N) is 2. The van der Waals surface area contributed by atoms with Crippen LogP contribution in [0.3, 0.4) is 0 Å². The first kappa shape index (κ1) is 18.9. The lowest BCUT2D eigenvalue weighted by Gasteiger charge is -2.14. The summed E-state index contributed by atoms with van der Waals surface area (Å²) in [4.78, 5) is 12.4. The fraction of sp³-hybridized carbons (Fsp3) is 0.182. The molecule has 0 aliphatic rings. The molecule has 0 saturated heterocycles. The molecule has 0 heterocycles. The Bertz CT molecular complexity index is 993. The molecule has 1 amide bonds. The number of anilines is 1. The molecule has 138 valence electrons. The molecule has 0 saturated carbocycles. The summed E-state index contributed by atoms with van der Waals surface area (Å²) in [7, 11) is 0. The number of aromatic hydroxyl groups is 1. The zero-order valence-electron chi connectivity index (χ0n) is 15.3. The molecule has 0 radical (unpaired) electrons. The van der Waals surface area contributed by atoms with E-state index in [2.05, 4.69) is 24.5 Å². The lowest BCUT2D eigenvalue weighted by Crippen LogP contribution is -2.35. The maximum atomic E-state index is 12.4. The van der Waals surface area contributed by atoms with E-state index in [1.165, 1.54) is 0 Å². The highest BCUT2D eigenvalue weighted by atomic mass is 32.1. The van der Waals surface area contributed by atoms with Crippen LogP contribution in [0.2, 0.25) is 0 Å². The molecule has 27 heavy (non-hydrogen) atoms. The number of thiocarbonyl (C=S) groups is 1. The second-order valence-corrected chi connectivity index (χ2v) is 7.16. The number of phenolic OH excluding ortho intramolecular Hbond substituents is 1. The fourth-order valence-corrected chi connectivity index (χ4v) is 3.18. The molecule has 0 atom stereocenters. The van der Waals surface area contributed by atoms with Crippen molar-refractivity contribution < 1.29 is 9.90 Å². The molecule has 3 aromatic carbocycles. The molecule has 0 aliphatic carbocycles. The van der Waals surface area contributed by atoms with E-state index in [0.29, 0.717) is 11.6 Å². The normalized spacial score (nSPS) is 10.8. The Balaban J connectivity index is 1.68. The van der Waals surface area contributed by atoms with Crippen LogP contribution in [0.15, 0.2) is 60.7 Å². The number of amides is 1. The minimum Gasteiger partial charge on any atom is -0.506 e. The van der Waals surface area contributed by atoms with Crippen LogP contribution >= 0.6 is 12.2 Å². The highest BCUT2D eigenvalue weighted by molar-refractivity contribution is 7.80. The van der Waals surface area contributed by atoms with Gasteiger partial charge in [0.15, 0.2) is 5.11 Å². The van der Waals surface area contributed by atoms with Gasteiger partial charge in [-0.2, -0.15) is 0 Å². The third-order valence-corrected chi connectivity index (χ3v) is 4.62. The Labute approximate surface area is 164 Å². The lowest BCUT2D eigenvalue weighted by molar-refractivity contribution is -0.119. The Hall–Kier alpha value is -2.92. The van der Waals surface area contributed by atoms with E-state index in [-0.39, 0.29) is 23.2 Å². The summed E-state index contributed by atoms with van der Waals surface area (Å²) in [6, 6.07) is 19.2. The number of rotatable bonds is 4. The Morgan fingerprint density at radius 3 is 2.59 bits per heavy atom. The van der Waals surface area contributed by atoms with Crippen LogP contribution in [0.4, 0.5) is 5.69 Å². The summed E-state index contributed by atoms with van der Waals surface area (Å²) < 4.78 is 0. The van der Waals surface area contributed by atoms with Crippen molar-refractivity contribution in [3.8, 4) is 5.75 Å². The average molecular weight is 378 g/mol. The van der Waals surface area contributed by atoms with Gasteiger partial charge in [0.1, 0.15) is 5.75 Å². The Morgan fingerprint density at radius 2 is 1.81 bits per heavy atom. The van der Waals surface area contributed by atoms with E-state index in [1.54, 1.807) is 6.07 Å². The number of carbonyl (C=O) groups is 1. The average Bonchev–Trinajstić information content (AvgIpc) is 2.63. The summed E-state index contributed by atoms with van der Waals surface area (Å²) >= 11 is 5.24. The van der Waals surface area contributed by atoms with Crippen molar-refractivity contribution in [2.75, 3.05) is 5.32 Å². The number of benzene rings is 3. The second-order valence-electron chi connectivity index (χ2n) is 6.75. The monoisotopic (exact) mass is 378 g/mol. The van der Waals surface area contributed by atoms with Crippen LogP contribution in [0.25, 0.3) is 10.8 Å². The first-order chi connectivity index (χ1) is 12.9. The summed E-state index contributed by atoms with van der Waals surface area (Å²) in [5.41, 5.74) is 2.50. The highest BCUT2D eigenvalue weighted by Crippen LogP contribution is 2.27. The summed E-state index contributed by atoms with van der Waals surface area (Å²) in [6.07, 6.45) is 0.223. The van der Waals surface area contributed by atoms with Gasteiger partial charge in [0, 0.05) is 0 Å². The third kappa shape index (κ3) is 4.63. The molecule has 3 rings (SSSR count). The van der Waals surface area contributed by atoms with Crippen molar-refractivity contribution in [3.63, 3.8) is 0 Å². The van der Waals surface area contributed by atoms with Gasteiger partial charge < -0.3 is 15.7 Å². The largest absolute Gasteiger partial charge is 0.506 e. The van der Waals surface area contributed by atoms with Gasteiger partial charge in [0.05, 0.1) is 12.1 Å². The SMILES string of the molecule is CC(C)c1ccc(O)c(NC(=S)NC(=O)Cc2cccc3ccccc23)c1. The van der Waals surface area contributed by atoms with Crippen LogP contribution < -0.4 is 10.6 Å². The van der Waals surface area contributed by atoms with Gasteiger partial charge in [0.25, 0.3) is 0 Å². The van der Waals surface area contributed by atoms with Gasteiger partial charge in [-0.1, -0.05) is 62.4 Å². The van der Waals surface area contributed by atoms with E-state index in [0.717, 1.165) is 21.9 Å². The number of fused-ring (bicyclic) bond motifs is 1. The predicted octanol–water partition coefficient (Wildman–Crippen LogP) is 4.72. The minimum absolute atomic E-state index is 0.0880. The topological polar surface area (TPSA) is 61.4 Å². The van der Waals surface area contributed by atoms with Crippen LogP contribution in [0, 0.1) is 0 Å². The first-order valence-corrected chi connectivity index (χ1v) is 9.25. The van der Waals surface area contributed by atoms with Crippen molar-refractivity contribution in [1.82, 2.24) is 5.32 Å².